The fraction of sp³-hybridized carbons (Fsp3) is 0. The Labute approximate surface area is 217 Å². The molecular formula is C23H18N2O10S3. The first-order valence-electron chi connectivity index (χ1n) is 10.4. The van der Waals surface area contributed by atoms with Gasteiger partial charge in [-0.3, -0.25) is 18.5 Å². The average molecular weight is 579 g/mol. The van der Waals surface area contributed by atoms with E-state index < -0.39 is 61.7 Å². The SMILES string of the molecule is Nc1cccc(-c2ccc(C(=O)Nc3ccc(S(=O)(=O)O)c4cc(S(=O)(=O)O)cc(S(=O)(=O)O)c34)cc2)c1. The third kappa shape index (κ3) is 5.52. The summed E-state index contributed by atoms with van der Waals surface area (Å²) < 4.78 is 100. The summed E-state index contributed by atoms with van der Waals surface area (Å²) in [5, 5.41) is 1.07. The first kappa shape index (κ1) is 27.2. The van der Waals surface area contributed by atoms with E-state index in [-0.39, 0.29) is 11.3 Å². The number of nitrogen functional groups attached to an aromatic ring is 1. The molecule has 38 heavy (non-hydrogen) atoms. The van der Waals surface area contributed by atoms with Crippen LogP contribution >= 0.6 is 0 Å². The molecule has 6 N–H and O–H groups in total. The van der Waals surface area contributed by atoms with Crippen LogP contribution in [0.3, 0.4) is 0 Å². The van der Waals surface area contributed by atoms with Crippen molar-refractivity contribution in [3.05, 3.63) is 78.4 Å². The van der Waals surface area contributed by atoms with Gasteiger partial charge in [0.05, 0.1) is 10.6 Å². The highest BCUT2D eigenvalue weighted by atomic mass is 32.2. The standard InChI is InChI=1S/C23H18N2O10S3/c24-16-3-1-2-15(10-16)13-4-6-14(7-5-13)23(26)25-19-8-9-20(37(30,31)32)18-11-17(36(27,28)29)12-21(22(18)19)38(33,34)35/h1-12H,24H2,(H,25,26)(H,27,28,29)(H,30,31,32)(H,33,34,35). The number of fused-ring (bicyclic) bond motifs is 1. The summed E-state index contributed by atoms with van der Waals surface area (Å²) in [6, 6.07) is 15.9. The van der Waals surface area contributed by atoms with E-state index >= 15 is 0 Å². The number of carbonyl (C=O) groups is 1. The van der Waals surface area contributed by atoms with E-state index in [0.717, 1.165) is 23.3 Å². The molecule has 0 fully saturated rings. The maximum atomic E-state index is 13.0. The number of rotatable bonds is 6. The predicted molar refractivity (Wildman–Crippen MR) is 138 cm³/mol. The number of carbonyl (C=O) groups excluding carboxylic acids is 1. The first-order valence-corrected chi connectivity index (χ1v) is 14.7. The van der Waals surface area contributed by atoms with Gasteiger partial charge in [0, 0.05) is 22.0 Å². The highest BCUT2D eigenvalue weighted by Gasteiger charge is 2.27. The van der Waals surface area contributed by atoms with Gasteiger partial charge in [-0.05, 0) is 59.7 Å². The molecule has 0 aliphatic rings. The van der Waals surface area contributed by atoms with Crippen LogP contribution in [0.1, 0.15) is 10.4 Å². The molecule has 0 bridgehead atoms. The minimum absolute atomic E-state index is 0.104. The topological polar surface area (TPSA) is 218 Å². The fourth-order valence-electron chi connectivity index (χ4n) is 3.80. The molecule has 0 aliphatic heterocycles. The molecule has 12 nitrogen and oxygen atoms in total. The van der Waals surface area contributed by atoms with Crippen molar-refractivity contribution in [3.63, 3.8) is 0 Å². The Balaban J connectivity index is 1.87. The smallest absolute Gasteiger partial charge is 0.295 e. The van der Waals surface area contributed by atoms with Gasteiger partial charge in [0.2, 0.25) is 0 Å². The van der Waals surface area contributed by atoms with Crippen LogP contribution in [-0.4, -0.2) is 44.8 Å². The summed E-state index contributed by atoms with van der Waals surface area (Å²) in [5.41, 5.74) is 7.62. The van der Waals surface area contributed by atoms with Gasteiger partial charge in [-0.15, -0.1) is 0 Å². The van der Waals surface area contributed by atoms with Crippen molar-refractivity contribution < 1.29 is 43.7 Å². The molecule has 198 valence electrons. The molecule has 0 saturated heterocycles. The molecule has 0 atom stereocenters. The van der Waals surface area contributed by atoms with E-state index in [0.29, 0.717) is 17.8 Å². The lowest BCUT2D eigenvalue weighted by molar-refractivity contribution is 0.102. The molecule has 0 unspecified atom stereocenters. The van der Waals surface area contributed by atoms with Gasteiger partial charge < -0.3 is 11.1 Å². The molecule has 0 aliphatic carbocycles. The van der Waals surface area contributed by atoms with Crippen LogP contribution in [0.25, 0.3) is 21.9 Å². The van der Waals surface area contributed by atoms with Crippen molar-refractivity contribution in [1.29, 1.82) is 0 Å². The molecule has 0 heterocycles. The highest BCUT2D eigenvalue weighted by molar-refractivity contribution is 7.87. The summed E-state index contributed by atoms with van der Waals surface area (Å²) in [6.45, 7) is 0. The molecule has 4 aromatic rings. The third-order valence-corrected chi connectivity index (χ3v) is 8.10. The number of benzene rings is 4. The number of nitrogens with one attached hydrogen (secondary N) is 1. The van der Waals surface area contributed by atoms with Crippen LogP contribution in [0.15, 0.2) is 87.5 Å². The van der Waals surface area contributed by atoms with Gasteiger partial charge in [-0.2, -0.15) is 25.3 Å². The molecule has 0 radical (unpaired) electrons. The molecule has 15 heteroatoms. The van der Waals surface area contributed by atoms with Crippen molar-refractivity contribution in [2.45, 2.75) is 14.7 Å². The Bertz CT molecular complexity index is 1940. The Morgan fingerprint density at radius 3 is 1.87 bits per heavy atom. The second kappa shape index (κ2) is 9.46. The van der Waals surface area contributed by atoms with Crippen LogP contribution in [-0.2, 0) is 30.4 Å². The fourth-order valence-corrected chi connectivity index (χ4v) is 5.84. The van der Waals surface area contributed by atoms with Crippen LogP contribution in [0.4, 0.5) is 11.4 Å². The lowest BCUT2D eigenvalue weighted by atomic mass is 10.0. The molecule has 4 rings (SSSR count). The van der Waals surface area contributed by atoms with Crippen LogP contribution in [0.5, 0.6) is 0 Å². The van der Waals surface area contributed by atoms with E-state index in [1.807, 2.05) is 6.07 Å². The normalized spacial score (nSPS) is 12.4. The Morgan fingerprint density at radius 1 is 0.684 bits per heavy atom. The molecular weight excluding hydrogens is 560 g/mol. The Morgan fingerprint density at radius 2 is 1.32 bits per heavy atom. The highest BCUT2D eigenvalue weighted by Crippen LogP contribution is 2.37. The number of nitrogens with two attached hydrogens (primary N) is 1. The largest absolute Gasteiger partial charge is 0.399 e. The average Bonchev–Trinajstić information content (AvgIpc) is 2.81. The molecule has 0 aromatic heterocycles. The quantitative estimate of drug-likeness (QED) is 0.165. The Hall–Kier alpha value is -3.86. The summed E-state index contributed by atoms with van der Waals surface area (Å²) >= 11 is 0. The van der Waals surface area contributed by atoms with Crippen molar-refractivity contribution in [1.82, 2.24) is 0 Å². The summed E-state index contributed by atoms with van der Waals surface area (Å²) in [7, 11) is -15.4. The Kier molecular flexibility index (Phi) is 6.77. The predicted octanol–water partition coefficient (Wildman–Crippen LogP) is 3.08. The van der Waals surface area contributed by atoms with E-state index in [9.17, 15) is 43.7 Å². The zero-order valence-electron chi connectivity index (χ0n) is 18.9. The number of anilines is 2. The number of hydrogen-bond donors (Lipinski definition) is 5. The van der Waals surface area contributed by atoms with E-state index in [1.54, 1.807) is 30.3 Å². The van der Waals surface area contributed by atoms with E-state index in [2.05, 4.69) is 5.32 Å². The number of amides is 1. The van der Waals surface area contributed by atoms with Gasteiger partial charge in [0.15, 0.2) is 0 Å². The molecule has 0 spiro atoms. The molecule has 0 saturated carbocycles. The van der Waals surface area contributed by atoms with E-state index in [1.165, 1.54) is 12.1 Å². The van der Waals surface area contributed by atoms with Gasteiger partial charge in [0.1, 0.15) is 9.79 Å². The van der Waals surface area contributed by atoms with Crippen molar-refractivity contribution >= 4 is 58.4 Å². The van der Waals surface area contributed by atoms with Crippen molar-refractivity contribution in [3.8, 4) is 11.1 Å². The van der Waals surface area contributed by atoms with Gasteiger partial charge in [-0.1, -0.05) is 24.3 Å². The minimum atomic E-state index is -5.25. The van der Waals surface area contributed by atoms with Crippen molar-refractivity contribution in [2.75, 3.05) is 11.1 Å². The number of hydrogen-bond acceptors (Lipinski definition) is 8. The molecule has 4 aromatic carbocycles. The van der Waals surface area contributed by atoms with Gasteiger partial charge in [0.25, 0.3) is 36.3 Å². The van der Waals surface area contributed by atoms with Crippen molar-refractivity contribution in [2.24, 2.45) is 0 Å². The minimum Gasteiger partial charge on any atom is -0.399 e. The lowest BCUT2D eigenvalue weighted by Crippen LogP contribution is -2.14. The maximum absolute atomic E-state index is 13.0. The second-order valence-electron chi connectivity index (χ2n) is 8.04. The third-order valence-electron chi connectivity index (χ3n) is 5.48. The molecule has 1 amide bonds. The van der Waals surface area contributed by atoms with Crippen LogP contribution in [0, 0.1) is 0 Å². The van der Waals surface area contributed by atoms with E-state index in [4.69, 9.17) is 5.73 Å². The maximum Gasteiger partial charge on any atom is 0.295 e. The van der Waals surface area contributed by atoms with Crippen LogP contribution in [0.2, 0.25) is 0 Å². The van der Waals surface area contributed by atoms with Gasteiger partial charge >= 0.3 is 0 Å². The zero-order chi connectivity index (χ0) is 28.0. The summed E-state index contributed by atoms with van der Waals surface area (Å²) in [5.74, 6) is -0.773. The zero-order valence-corrected chi connectivity index (χ0v) is 21.4. The van der Waals surface area contributed by atoms with Crippen LogP contribution < -0.4 is 11.1 Å². The summed E-state index contributed by atoms with van der Waals surface area (Å²) in [6.07, 6.45) is 0. The lowest BCUT2D eigenvalue weighted by Gasteiger charge is -2.15. The second-order valence-corrected chi connectivity index (χ2v) is 12.2. The van der Waals surface area contributed by atoms with Gasteiger partial charge in [-0.25, -0.2) is 0 Å². The summed E-state index contributed by atoms with van der Waals surface area (Å²) in [4.78, 5) is 9.83. The first-order chi connectivity index (χ1) is 17.6. The monoisotopic (exact) mass is 578 g/mol.